The van der Waals surface area contributed by atoms with Gasteiger partial charge >= 0.3 is 0 Å². The van der Waals surface area contributed by atoms with Gasteiger partial charge < -0.3 is 4.98 Å². The minimum atomic E-state index is 0.740. The summed E-state index contributed by atoms with van der Waals surface area (Å²) in [6, 6.07) is 28.5. The molecule has 0 radical (unpaired) electrons. The molecular weight excluding hydrogens is 328 g/mol. The summed E-state index contributed by atoms with van der Waals surface area (Å²) in [6.45, 7) is 0. The molecular formula is C22H17ClN2. The maximum atomic E-state index is 5.98. The fourth-order valence-corrected chi connectivity index (χ4v) is 3.05. The molecule has 1 aromatic heterocycles. The number of halogens is 1. The Bertz CT molecular complexity index is 901. The molecule has 0 unspecified atom stereocenters. The molecule has 0 saturated heterocycles. The van der Waals surface area contributed by atoms with Crippen molar-refractivity contribution in [3.8, 4) is 22.5 Å². The SMILES string of the molecule is Clc1ccc(Cc2nc(-c3ccccc3)c(-c3ccccc3)[nH]2)cc1. The van der Waals surface area contributed by atoms with Gasteiger partial charge in [0.2, 0.25) is 0 Å². The van der Waals surface area contributed by atoms with Crippen LogP contribution in [0.2, 0.25) is 5.02 Å². The van der Waals surface area contributed by atoms with E-state index in [0.29, 0.717) is 0 Å². The van der Waals surface area contributed by atoms with Crippen molar-refractivity contribution in [3.05, 3.63) is 101 Å². The molecule has 0 spiro atoms. The van der Waals surface area contributed by atoms with Gasteiger partial charge in [0.05, 0.1) is 11.4 Å². The normalized spacial score (nSPS) is 10.8. The van der Waals surface area contributed by atoms with Crippen molar-refractivity contribution < 1.29 is 0 Å². The van der Waals surface area contributed by atoms with E-state index in [1.807, 2.05) is 60.7 Å². The number of rotatable bonds is 4. The van der Waals surface area contributed by atoms with Crippen LogP contribution in [0.5, 0.6) is 0 Å². The molecule has 4 aromatic rings. The third kappa shape index (κ3) is 3.49. The lowest BCUT2D eigenvalue weighted by molar-refractivity contribution is 1.03. The molecule has 122 valence electrons. The van der Waals surface area contributed by atoms with Gasteiger partial charge in [0, 0.05) is 22.6 Å². The van der Waals surface area contributed by atoms with E-state index in [1.165, 1.54) is 5.56 Å². The van der Waals surface area contributed by atoms with Crippen LogP contribution in [-0.4, -0.2) is 9.97 Å². The lowest BCUT2D eigenvalue weighted by atomic mass is 10.1. The minimum Gasteiger partial charge on any atom is -0.341 e. The number of nitrogens with one attached hydrogen (secondary N) is 1. The fourth-order valence-electron chi connectivity index (χ4n) is 2.92. The first kappa shape index (κ1) is 15.7. The van der Waals surface area contributed by atoms with Gasteiger partial charge in [-0.05, 0) is 17.7 Å². The van der Waals surface area contributed by atoms with Crippen LogP contribution in [0.1, 0.15) is 11.4 Å². The maximum Gasteiger partial charge on any atom is 0.111 e. The number of imidazole rings is 1. The zero-order chi connectivity index (χ0) is 17.1. The Kier molecular flexibility index (Phi) is 4.36. The van der Waals surface area contributed by atoms with Gasteiger partial charge in [0.1, 0.15) is 5.82 Å². The Hall–Kier alpha value is -2.84. The third-order valence-electron chi connectivity index (χ3n) is 4.15. The van der Waals surface area contributed by atoms with E-state index in [4.69, 9.17) is 16.6 Å². The minimum absolute atomic E-state index is 0.740. The van der Waals surface area contributed by atoms with E-state index >= 15 is 0 Å². The van der Waals surface area contributed by atoms with E-state index in [0.717, 1.165) is 39.8 Å². The largest absolute Gasteiger partial charge is 0.341 e. The van der Waals surface area contributed by atoms with Crippen molar-refractivity contribution in [1.29, 1.82) is 0 Å². The summed E-state index contributed by atoms with van der Waals surface area (Å²) in [4.78, 5) is 8.40. The van der Waals surface area contributed by atoms with Crippen LogP contribution in [0.3, 0.4) is 0 Å². The van der Waals surface area contributed by atoms with Gasteiger partial charge in [0.15, 0.2) is 0 Å². The number of benzene rings is 3. The lowest BCUT2D eigenvalue weighted by Crippen LogP contribution is -1.90. The van der Waals surface area contributed by atoms with Crippen molar-refractivity contribution >= 4 is 11.6 Å². The monoisotopic (exact) mass is 344 g/mol. The highest BCUT2D eigenvalue weighted by Gasteiger charge is 2.14. The zero-order valence-corrected chi connectivity index (χ0v) is 14.4. The Morgan fingerprint density at radius 3 is 1.96 bits per heavy atom. The van der Waals surface area contributed by atoms with Crippen LogP contribution in [0.4, 0.5) is 0 Å². The predicted octanol–water partition coefficient (Wildman–Crippen LogP) is 5.99. The van der Waals surface area contributed by atoms with Crippen LogP contribution >= 0.6 is 11.6 Å². The van der Waals surface area contributed by atoms with Crippen molar-refractivity contribution in [2.75, 3.05) is 0 Å². The molecule has 0 saturated carbocycles. The standard InChI is InChI=1S/C22H17ClN2/c23-19-13-11-16(12-14-19)15-20-24-21(17-7-3-1-4-8-17)22(25-20)18-9-5-2-6-10-18/h1-14H,15H2,(H,24,25). The molecule has 0 aliphatic heterocycles. The second kappa shape index (κ2) is 6.96. The fraction of sp³-hybridized carbons (Fsp3) is 0.0455. The van der Waals surface area contributed by atoms with Crippen LogP contribution in [-0.2, 0) is 6.42 Å². The summed E-state index contributed by atoms with van der Waals surface area (Å²) in [5.74, 6) is 0.944. The number of aromatic amines is 1. The molecule has 3 aromatic carbocycles. The number of hydrogen-bond donors (Lipinski definition) is 1. The van der Waals surface area contributed by atoms with Crippen LogP contribution < -0.4 is 0 Å². The molecule has 4 rings (SSSR count). The molecule has 0 aliphatic rings. The van der Waals surface area contributed by atoms with Crippen molar-refractivity contribution in [1.82, 2.24) is 9.97 Å². The third-order valence-corrected chi connectivity index (χ3v) is 4.40. The van der Waals surface area contributed by atoms with Gasteiger partial charge in [-0.2, -0.15) is 0 Å². The van der Waals surface area contributed by atoms with Crippen LogP contribution in [0.15, 0.2) is 84.9 Å². The van der Waals surface area contributed by atoms with Crippen molar-refractivity contribution in [2.24, 2.45) is 0 Å². The summed E-state index contributed by atoms with van der Waals surface area (Å²) in [7, 11) is 0. The van der Waals surface area contributed by atoms with Crippen molar-refractivity contribution in [3.63, 3.8) is 0 Å². The highest BCUT2D eigenvalue weighted by atomic mass is 35.5. The Balaban J connectivity index is 1.77. The van der Waals surface area contributed by atoms with E-state index in [9.17, 15) is 0 Å². The Morgan fingerprint density at radius 1 is 0.720 bits per heavy atom. The van der Waals surface area contributed by atoms with Gasteiger partial charge in [-0.25, -0.2) is 4.98 Å². The van der Waals surface area contributed by atoms with Crippen LogP contribution in [0.25, 0.3) is 22.5 Å². The second-order valence-electron chi connectivity index (χ2n) is 5.94. The summed E-state index contributed by atoms with van der Waals surface area (Å²) in [6.07, 6.45) is 0.740. The highest BCUT2D eigenvalue weighted by Crippen LogP contribution is 2.30. The molecule has 2 nitrogen and oxygen atoms in total. The lowest BCUT2D eigenvalue weighted by Gasteiger charge is -2.02. The summed E-state index contributed by atoms with van der Waals surface area (Å²) in [5.41, 5.74) is 5.46. The first-order valence-corrected chi connectivity index (χ1v) is 8.61. The van der Waals surface area contributed by atoms with Gasteiger partial charge in [-0.1, -0.05) is 84.4 Å². The Labute approximate surface area is 152 Å². The van der Waals surface area contributed by atoms with Gasteiger partial charge in [0.25, 0.3) is 0 Å². The topological polar surface area (TPSA) is 28.7 Å². The van der Waals surface area contributed by atoms with E-state index in [1.54, 1.807) is 0 Å². The average molecular weight is 345 g/mol. The summed E-state index contributed by atoms with van der Waals surface area (Å²) < 4.78 is 0. The van der Waals surface area contributed by atoms with E-state index in [-0.39, 0.29) is 0 Å². The number of H-pyrrole nitrogens is 1. The number of hydrogen-bond acceptors (Lipinski definition) is 1. The van der Waals surface area contributed by atoms with E-state index < -0.39 is 0 Å². The maximum absolute atomic E-state index is 5.98. The number of aromatic nitrogens is 2. The first-order valence-electron chi connectivity index (χ1n) is 8.24. The second-order valence-corrected chi connectivity index (χ2v) is 6.38. The predicted molar refractivity (Wildman–Crippen MR) is 104 cm³/mol. The van der Waals surface area contributed by atoms with Crippen LogP contribution in [0, 0.1) is 0 Å². The zero-order valence-electron chi connectivity index (χ0n) is 13.6. The molecule has 1 N–H and O–H groups in total. The molecule has 0 aliphatic carbocycles. The Morgan fingerprint density at radius 2 is 1.32 bits per heavy atom. The highest BCUT2D eigenvalue weighted by molar-refractivity contribution is 6.30. The van der Waals surface area contributed by atoms with Crippen molar-refractivity contribution in [2.45, 2.75) is 6.42 Å². The number of nitrogens with zero attached hydrogens (tertiary/aromatic N) is 1. The van der Waals surface area contributed by atoms with E-state index in [2.05, 4.69) is 29.2 Å². The summed E-state index contributed by atoms with van der Waals surface area (Å²) in [5, 5.41) is 0.748. The molecule has 25 heavy (non-hydrogen) atoms. The molecule has 3 heteroatoms. The summed E-state index contributed by atoms with van der Waals surface area (Å²) >= 11 is 5.98. The molecule has 0 atom stereocenters. The quantitative estimate of drug-likeness (QED) is 0.484. The van der Waals surface area contributed by atoms with Gasteiger partial charge in [-0.15, -0.1) is 0 Å². The molecule has 0 bridgehead atoms. The average Bonchev–Trinajstić information content (AvgIpc) is 3.09. The van der Waals surface area contributed by atoms with Gasteiger partial charge in [-0.3, -0.25) is 0 Å². The molecule has 0 amide bonds. The molecule has 1 heterocycles. The first-order chi connectivity index (χ1) is 12.3. The smallest absolute Gasteiger partial charge is 0.111 e. The molecule has 0 fully saturated rings.